The van der Waals surface area contributed by atoms with E-state index in [-0.39, 0.29) is 5.91 Å². The van der Waals surface area contributed by atoms with E-state index in [1.807, 2.05) is 18.5 Å². The Hall–Kier alpha value is -1.33. The van der Waals surface area contributed by atoms with Crippen molar-refractivity contribution in [2.75, 3.05) is 19.8 Å². The molecule has 1 aromatic rings. The van der Waals surface area contributed by atoms with Crippen LogP contribution in [0.15, 0.2) is 18.5 Å². The normalized spacial score (nSPS) is 18.2. The summed E-state index contributed by atoms with van der Waals surface area (Å²) >= 11 is 0. The van der Waals surface area contributed by atoms with E-state index in [0.29, 0.717) is 26.3 Å². The van der Waals surface area contributed by atoms with Crippen LogP contribution >= 0.6 is 0 Å². The number of carbonyl (C=O) groups excluding carboxylic acids is 1. The molecule has 4 N–H and O–H groups in total. The van der Waals surface area contributed by atoms with Crippen LogP contribution in [0.5, 0.6) is 0 Å². The summed E-state index contributed by atoms with van der Waals surface area (Å²) in [5.74, 6) is -0.0162. The molecule has 2 rings (SSSR count). The maximum Gasteiger partial charge on any atom is 0.232 e. The topological polar surface area (TPSA) is 80.1 Å². The third-order valence-electron chi connectivity index (χ3n) is 2.74. The first-order chi connectivity index (χ1) is 7.27. The van der Waals surface area contributed by atoms with Gasteiger partial charge in [-0.2, -0.15) is 0 Å². The molecule has 1 aromatic heterocycles. The number of amides is 1. The van der Waals surface area contributed by atoms with Crippen molar-refractivity contribution in [1.82, 2.24) is 10.3 Å². The molecule has 1 aliphatic rings. The molecule has 2 heterocycles. The van der Waals surface area contributed by atoms with Gasteiger partial charge in [0.1, 0.15) is 5.41 Å². The zero-order chi connectivity index (χ0) is 10.7. The van der Waals surface area contributed by atoms with Crippen LogP contribution in [-0.2, 0) is 16.1 Å². The Labute approximate surface area is 88.0 Å². The number of hydrogen-bond acceptors (Lipinski definition) is 3. The summed E-state index contributed by atoms with van der Waals surface area (Å²) in [7, 11) is 0. The van der Waals surface area contributed by atoms with Crippen molar-refractivity contribution in [3.05, 3.63) is 24.0 Å². The number of carbonyl (C=O) groups is 1. The van der Waals surface area contributed by atoms with Crippen LogP contribution in [0.2, 0.25) is 0 Å². The monoisotopic (exact) mass is 209 g/mol. The minimum Gasteiger partial charge on any atom is -0.379 e. The summed E-state index contributed by atoms with van der Waals surface area (Å²) < 4.78 is 5.04. The summed E-state index contributed by atoms with van der Waals surface area (Å²) in [6.45, 7) is 1.74. The van der Waals surface area contributed by atoms with Gasteiger partial charge in [0.05, 0.1) is 13.2 Å². The van der Waals surface area contributed by atoms with Gasteiger partial charge in [-0.05, 0) is 11.6 Å². The van der Waals surface area contributed by atoms with Crippen LogP contribution < -0.4 is 11.1 Å². The average Bonchev–Trinajstić information content (AvgIpc) is 2.66. The highest BCUT2D eigenvalue weighted by Gasteiger charge is 2.44. The van der Waals surface area contributed by atoms with E-state index in [1.165, 1.54) is 0 Å². The van der Waals surface area contributed by atoms with E-state index in [2.05, 4.69) is 10.3 Å². The maximum absolute atomic E-state index is 11.8. The van der Waals surface area contributed by atoms with E-state index >= 15 is 0 Å². The van der Waals surface area contributed by atoms with Gasteiger partial charge in [-0.25, -0.2) is 0 Å². The second-order valence-corrected chi connectivity index (χ2v) is 3.88. The number of aromatic amines is 1. The van der Waals surface area contributed by atoms with Crippen molar-refractivity contribution in [2.45, 2.75) is 6.54 Å². The molecular weight excluding hydrogens is 194 g/mol. The molecule has 0 radical (unpaired) electrons. The molecule has 1 amide bonds. The number of hydrogen-bond donors (Lipinski definition) is 3. The first-order valence-electron chi connectivity index (χ1n) is 4.95. The first-order valence-corrected chi connectivity index (χ1v) is 4.95. The highest BCUT2D eigenvalue weighted by atomic mass is 16.5. The first kappa shape index (κ1) is 10.2. The molecule has 0 spiro atoms. The Morgan fingerprint density at radius 1 is 1.67 bits per heavy atom. The fraction of sp³-hybridized carbons (Fsp3) is 0.500. The molecule has 0 saturated carbocycles. The molecule has 0 aromatic carbocycles. The van der Waals surface area contributed by atoms with Gasteiger partial charge in [0.25, 0.3) is 0 Å². The number of nitrogens with two attached hydrogens (primary N) is 1. The molecule has 0 atom stereocenters. The summed E-state index contributed by atoms with van der Waals surface area (Å²) in [5.41, 5.74) is 6.13. The third-order valence-corrected chi connectivity index (χ3v) is 2.74. The van der Waals surface area contributed by atoms with Gasteiger partial charge >= 0.3 is 0 Å². The van der Waals surface area contributed by atoms with Gasteiger partial charge in [0.15, 0.2) is 0 Å². The Kier molecular flexibility index (Phi) is 2.75. The van der Waals surface area contributed by atoms with E-state index in [9.17, 15) is 4.79 Å². The number of nitrogens with one attached hydrogen (secondary N) is 2. The number of aromatic nitrogens is 1. The van der Waals surface area contributed by atoms with Gasteiger partial charge in [-0.1, -0.05) is 0 Å². The lowest BCUT2D eigenvalue weighted by atomic mass is 9.85. The van der Waals surface area contributed by atoms with E-state index in [0.717, 1.165) is 5.56 Å². The summed E-state index contributed by atoms with van der Waals surface area (Å²) in [6.07, 6.45) is 3.68. The molecule has 82 valence electrons. The van der Waals surface area contributed by atoms with Gasteiger partial charge in [-0.15, -0.1) is 0 Å². The highest BCUT2D eigenvalue weighted by Crippen LogP contribution is 2.26. The minimum atomic E-state index is -0.490. The molecule has 0 bridgehead atoms. The van der Waals surface area contributed by atoms with Gasteiger partial charge in [0.2, 0.25) is 5.91 Å². The van der Waals surface area contributed by atoms with Crippen molar-refractivity contribution in [3.8, 4) is 0 Å². The number of H-pyrrole nitrogens is 1. The third kappa shape index (κ3) is 1.88. The smallest absolute Gasteiger partial charge is 0.232 e. The lowest BCUT2D eigenvalue weighted by molar-refractivity contribution is -0.159. The van der Waals surface area contributed by atoms with Crippen LogP contribution in [0.3, 0.4) is 0 Å². The zero-order valence-corrected chi connectivity index (χ0v) is 8.45. The quantitative estimate of drug-likeness (QED) is 0.631. The summed E-state index contributed by atoms with van der Waals surface area (Å²) in [6, 6.07) is 1.92. The Morgan fingerprint density at radius 2 is 2.47 bits per heavy atom. The van der Waals surface area contributed by atoms with Crippen LogP contribution in [0.25, 0.3) is 0 Å². The number of rotatable bonds is 4. The molecule has 5 nitrogen and oxygen atoms in total. The molecule has 1 aliphatic heterocycles. The minimum absolute atomic E-state index is 0.0162. The molecule has 15 heavy (non-hydrogen) atoms. The van der Waals surface area contributed by atoms with Gasteiger partial charge < -0.3 is 20.8 Å². The summed E-state index contributed by atoms with van der Waals surface area (Å²) in [5, 5.41) is 2.86. The van der Waals surface area contributed by atoms with Crippen molar-refractivity contribution in [2.24, 2.45) is 11.1 Å². The van der Waals surface area contributed by atoms with E-state index in [1.54, 1.807) is 0 Å². The number of ether oxygens (including phenoxy) is 1. The fourth-order valence-corrected chi connectivity index (χ4v) is 1.53. The lowest BCUT2D eigenvalue weighted by Crippen LogP contribution is -2.58. The van der Waals surface area contributed by atoms with Crippen molar-refractivity contribution in [1.29, 1.82) is 0 Å². The molecule has 1 saturated heterocycles. The zero-order valence-electron chi connectivity index (χ0n) is 8.45. The van der Waals surface area contributed by atoms with Crippen LogP contribution in [0.4, 0.5) is 0 Å². The van der Waals surface area contributed by atoms with Gasteiger partial charge in [-0.3, -0.25) is 4.79 Å². The van der Waals surface area contributed by atoms with Crippen LogP contribution in [-0.4, -0.2) is 30.6 Å². The second kappa shape index (κ2) is 4.04. The SMILES string of the molecule is NCC1(C(=O)NCc2cc[nH]c2)COC1. The molecule has 0 aliphatic carbocycles. The fourth-order valence-electron chi connectivity index (χ4n) is 1.53. The Bertz CT molecular complexity index is 325. The summed E-state index contributed by atoms with van der Waals surface area (Å²) in [4.78, 5) is 14.7. The van der Waals surface area contributed by atoms with Crippen molar-refractivity contribution in [3.63, 3.8) is 0 Å². The lowest BCUT2D eigenvalue weighted by Gasteiger charge is -2.38. The Balaban J connectivity index is 1.87. The van der Waals surface area contributed by atoms with Crippen LogP contribution in [0.1, 0.15) is 5.56 Å². The molecule has 1 fully saturated rings. The standard InChI is InChI=1S/C10H15N3O2/c11-5-10(6-15-7-10)9(14)13-4-8-1-2-12-3-8/h1-3,12H,4-7,11H2,(H,13,14). The predicted octanol–water partition coefficient (Wildman–Crippen LogP) is -0.394. The van der Waals surface area contributed by atoms with Crippen molar-refractivity contribution >= 4 is 5.91 Å². The largest absolute Gasteiger partial charge is 0.379 e. The van der Waals surface area contributed by atoms with E-state index < -0.39 is 5.41 Å². The highest BCUT2D eigenvalue weighted by molar-refractivity contribution is 5.84. The van der Waals surface area contributed by atoms with E-state index in [4.69, 9.17) is 10.5 Å². The average molecular weight is 209 g/mol. The van der Waals surface area contributed by atoms with Crippen LogP contribution in [0, 0.1) is 5.41 Å². The second-order valence-electron chi connectivity index (χ2n) is 3.88. The predicted molar refractivity (Wildman–Crippen MR) is 54.9 cm³/mol. The molecule has 5 heteroatoms. The van der Waals surface area contributed by atoms with Gasteiger partial charge in [0, 0.05) is 25.5 Å². The maximum atomic E-state index is 11.8. The molecular formula is C10H15N3O2. The molecule has 0 unspecified atom stereocenters. The Morgan fingerprint density at radius 3 is 2.93 bits per heavy atom. The van der Waals surface area contributed by atoms with Crippen molar-refractivity contribution < 1.29 is 9.53 Å².